The van der Waals surface area contributed by atoms with Crippen LogP contribution in [0.2, 0.25) is 5.02 Å². The Morgan fingerprint density at radius 1 is 1.30 bits per heavy atom. The van der Waals surface area contributed by atoms with Crippen molar-refractivity contribution in [2.24, 2.45) is 4.99 Å². The molecule has 0 bridgehead atoms. The number of nitro groups is 1. The van der Waals surface area contributed by atoms with Crippen LogP contribution in [0.25, 0.3) is 0 Å². The Labute approximate surface area is 135 Å². The number of benzene rings is 2. The topological polar surface area (TPSA) is 94.2 Å². The Balaban J connectivity index is 1.79. The molecule has 0 aliphatic carbocycles. The molecule has 118 valence electrons. The number of fused-ring (bicyclic) bond motifs is 1. The summed E-state index contributed by atoms with van der Waals surface area (Å²) < 4.78 is 10.5. The minimum atomic E-state index is -0.698. The molecule has 0 fully saturated rings. The van der Waals surface area contributed by atoms with Crippen LogP contribution in [0.4, 0.5) is 5.69 Å². The number of phenols is 1. The van der Waals surface area contributed by atoms with E-state index in [4.69, 9.17) is 21.1 Å². The normalized spacial score (nSPS) is 12.7. The quantitative estimate of drug-likeness (QED) is 0.526. The van der Waals surface area contributed by atoms with E-state index in [1.807, 2.05) is 6.07 Å². The third kappa shape index (κ3) is 3.19. The van der Waals surface area contributed by atoms with Crippen molar-refractivity contribution in [3.63, 3.8) is 0 Å². The molecule has 0 unspecified atom stereocenters. The zero-order valence-corrected chi connectivity index (χ0v) is 12.5. The number of hydrogen-bond donors (Lipinski definition) is 1. The van der Waals surface area contributed by atoms with Crippen LogP contribution in [0, 0.1) is 10.1 Å². The molecule has 0 saturated carbocycles. The number of ether oxygens (including phenoxy) is 2. The summed E-state index contributed by atoms with van der Waals surface area (Å²) in [5, 5.41) is 20.9. The van der Waals surface area contributed by atoms with E-state index in [-0.39, 0.29) is 17.4 Å². The molecule has 1 aliphatic heterocycles. The highest BCUT2D eigenvalue weighted by atomic mass is 35.5. The van der Waals surface area contributed by atoms with Gasteiger partial charge in [0.1, 0.15) is 0 Å². The molecule has 0 spiro atoms. The average molecular weight is 335 g/mol. The van der Waals surface area contributed by atoms with Gasteiger partial charge in [-0.15, -0.1) is 0 Å². The molecule has 0 atom stereocenters. The summed E-state index contributed by atoms with van der Waals surface area (Å²) in [7, 11) is 0. The summed E-state index contributed by atoms with van der Waals surface area (Å²) in [5.41, 5.74) is 0.605. The highest BCUT2D eigenvalue weighted by Crippen LogP contribution is 2.33. The number of aliphatic imine (C=N–C) groups is 1. The maximum absolute atomic E-state index is 10.8. The molecule has 2 aromatic rings. The Kier molecular flexibility index (Phi) is 4.03. The molecule has 1 heterocycles. The smallest absolute Gasteiger partial charge is 0.312 e. The van der Waals surface area contributed by atoms with Crippen molar-refractivity contribution < 1.29 is 19.5 Å². The predicted octanol–water partition coefficient (Wildman–Crippen LogP) is 3.30. The van der Waals surface area contributed by atoms with Crippen LogP contribution in [-0.2, 0) is 6.54 Å². The average Bonchev–Trinajstić information content (AvgIpc) is 2.97. The number of halogens is 1. The molecule has 23 heavy (non-hydrogen) atoms. The van der Waals surface area contributed by atoms with Crippen LogP contribution in [0.3, 0.4) is 0 Å². The second-order valence-corrected chi connectivity index (χ2v) is 5.21. The van der Waals surface area contributed by atoms with Gasteiger partial charge in [0.2, 0.25) is 12.5 Å². The molecular weight excluding hydrogens is 324 g/mol. The summed E-state index contributed by atoms with van der Waals surface area (Å²) in [5.74, 6) is 0.869. The number of phenolic OH excluding ortho intramolecular Hbond substituents is 1. The fourth-order valence-electron chi connectivity index (χ4n) is 2.13. The van der Waals surface area contributed by atoms with Crippen molar-refractivity contribution in [1.82, 2.24) is 0 Å². The molecule has 1 aliphatic rings. The van der Waals surface area contributed by atoms with Crippen LogP contribution >= 0.6 is 11.6 Å². The van der Waals surface area contributed by atoms with Crippen LogP contribution in [0.5, 0.6) is 17.2 Å². The monoisotopic (exact) mass is 334 g/mol. The molecule has 1 N–H and O–H groups in total. The van der Waals surface area contributed by atoms with Crippen molar-refractivity contribution in [3.05, 3.63) is 56.6 Å². The van der Waals surface area contributed by atoms with Gasteiger partial charge in [0.25, 0.3) is 0 Å². The first-order valence-electron chi connectivity index (χ1n) is 6.60. The summed E-state index contributed by atoms with van der Waals surface area (Å²) in [6, 6.07) is 7.93. The summed E-state index contributed by atoms with van der Waals surface area (Å²) in [6.45, 7) is 0.512. The second-order valence-electron chi connectivity index (χ2n) is 4.78. The van der Waals surface area contributed by atoms with Gasteiger partial charge in [0, 0.05) is 22.9 Å². The molecule has 0 saturated heterocycles. The largest absolute Gasteiger partial charge is 0.502 e. The summed E-state index contributed by atoms with van der Waals surface area (Å²) in [6.07, 6.45) is 1.35. The highest BCUT2D eigenvalue weighted by Gasteiger charge is 2.17. The van der Waals surface area contributed by atoms with Crippen molar-refractivity contribution in [1.29, 1.82) is 0 Å². The molecule has 2 aromatic carbocycles. The molecule has 0 amide bonds. The second kappa shape index (κ2) is 6.13. The lowest BCUT2D eigenvalue weighted by Gasteiger charge is -2.02. The van der Waals surface area contributed by atoms with Gasteiger partial charge in [0.15, 0.2) is 11.5 Å². The van der Waals surface area contributed by atoms with E-state index in [2.05, 4.69) is 4.99 Å². The van der Waals surface area contributed by atoms with Gasteiger partial charge in [-0.3, -0.25) is 15.1 Å². The molecular formula is C15H11ClN2O5. The Hall–Kier alpha value is -2.80. The Bertz CT molecular complexity index is 807. The third-order valence-electron chi connectivity index (χ3n) is 3.22. The van der Waals surface area contributed by atoms with Gasteiger partial charge >= 0.3 is 5.69 Å². The van der Waals surface area contributed by atoms with E-state index < -0.39 is 16.4 Å². The van der Waals surface area contributed by atoms with Crippen LogP contribution in [-0.4, -0.2) is 23.0 Å². The zero-order valence-electron chi connectivity index (χ0n) is 11.7. The Morgan fingerprint density at radius 3 is 2.87 bits per heavy atom. The van der Waals surface area contributed by atoms with Gasteiger partial charge in [-0.25, -0.2) is 0 Å². The van der Waals surface area contributed by atoms with Gasteiger partial charge in [0.05, 0.1) is 11.5 Å². The first-order chi connectivity index (χ1) is 11.0. The van der Waals surface area contributed by atoms with Crippen LogP contribution in [0.1, 0.15) is 11.1 Å². The molecule has 3 rings (SSSR count). The van der Waals surface area contributed by atoms with Gasteiger partial charge in [-0.1, -0.05) is 17.7 Å². The molecule has 0 aromatic heterocycles. The highest BCUT2D eigenvalue weighted by molar-refractivity contribution is 6.31. The van der Waals surface area contributed by atoms with Gasteiger partial charge < -0.3 is 14.6 Å². The number of nitrogens with zero attached hydrogens (tertiary/aromatic N) is 2. The lowest BCUT2D eigenvalue weighted by atomic mass is 10.2. The first-order valence-corrected chi connectivity index (χ1v) is 6.97. The predicted molar refractivity (Wildman–Crippen MR) is 83.6 cm³/mol. The van der Waals surface area contributed by atoms with Crippen molar-refractivity contribution >= 4 is 23.5 Å². The first kappa shape index (κ1) is 15.1. The zero-order chi connectivity index (χ0) is 16.4. The maximum atomic E-state index is 10.8. The van der Waals surface area contributed by atoms with Crippen molar-refractivity contribution in [2.45, 2.75) is 6.54 Å². The number of aromatic hydroxyl groups is 1. The lowest BCUT2D eigenvalue weighted by molar-refractivity contribution is -0.385. The standard InChI is InChI=1S/C15H11ClN2O5/c16-11-4-10(15(19)12(5-11)18(20)21)7-17-6-9-1-2-13-14(3-9)23-8-22-13/h1-5,7,19H,6,8H2. The fourth-order valence-corrected chi connectivity index (χ4v) is 2.35. The van der Waals surface area contributed by atoms with Gasteiger partial charge in [-0.2, -0.15) is 0 Å². The van der Waals surface area contributed by atoms with E-state index in [1.54, 1.807) is 12.1 Å². The van der Waals surface area contributed by atoms with E-state index in [9.17, 15) is 15.2 Å². The number of hydrogen-bond acceptors (Lipinski definition) is 6. The maximum Gasteiger partial charge on any atom is 0.312 e. The van der Waals surface area contributed by atoms with E-state index in [1.165, 1.54) is 12.3 Å². The third-order valence-corrected chi connectivity index (χ3v) is 3.44. The summed E-state index contributed by atoms with van der Waals surface area (Å²) in [4.78, 5) is 14.3. The Morgan fingerprint density at radius 2 is 2.09 bits per heavy atom. The number of rotatable bonds is 4. The van der Waals surface area contributed by atoms with Gasteiger partial charge in [-0.05, 0) is 23.8 Å². The lowest BCUT2D eigenvalue weighted by Crippen LogP contribution is -1.93. The molecule has 8 heteroatoms. The van der Waals surface area contributed by atoms with E-state index in [0.717, 1.165) is 11.6 Å². The van der Waals surface area contributed by atoms with E-state index in [0.29, 0.717) is 18.0 Å². The van der Waals surface area contributed by atoms with E-state index >= 15 is 0 Å². The van der Waals surface area contributed by atoms with Crippen LogP contribution < -0.4 is 9.47 Å². The van der Waals surface area contributed by atoms with Crippen molar-refractivity contribution in [2.75, 3.05) is 6.79 Å². The van der Waals surface area contributed by atoms with Crippen LogP contribution in [0.15, 0.2) is 35.3 Å². The van der Waals surface area contributed by atoms with Crippen molar-refractivity contribution in [3.8, 4) is 17.2 Å². The fraction of sp³-hybridized carbons (Fsp3) is 0.133. The minimum Gasteiger partial charge on any atom is -0.502 e. The summed E-state index contributed by atoms with van der Waals surface area (Å²) >= 11 is 5.82. The SMILES string of the molecule is O=[N+]([O-])c1cc(Cl)cc(C=NCc2ccc3c(c2)OCO3)c1O. The minimum absolute atomic E-state index is 0.152. The molecule has 0 radical (unpaired) electrons. The number of nitro benzene ring substituents is 1. The molecule has 7 nitrogen and oxygen atoms in total.